The van der Waals surface area contributed by atoms with E-state index in [2.05, 4.69) is 10.3 Å². The van der Waals surface area contributed by atoms with Crippen molar-refractivity contribution >= 4 is 45.9 Å². The van der Waals surface area contributed by atoms with Crippen LogP contribution in [0.25, 0.3) is 10.9 Å². The third kappa shape index (κ3) is 4.95. The van der Waals surface area contributed by atoms with Crippen LogP contribution in [0.2, 0.25) is 5.02 Å². The number of hydrogen-bond acceptors (Lipinski definition) is 5. The lowest BCUT2D eigenvalue weighted by atomic mass is 10.2. The summed E-state index contributed by atoms with van der Waals surface area (Å²) in [6.45, 7) is 2.25. The van der Waals surface area contributed by atoms with Gasteiger partial charge >= 0.3 is 0 Å². The summed E-state index contributed by atoms with van der Waals surface area (Å²) in [5, 5.41) is 3.17. The summed E-state index contributed by atoms with van der Waals surface area (Å²) in [7, 11) is 1.54. The summed E-state index contributed by atoms with van der Waals surface area (Å²) in [5.41, 5.74) is 0.299. The smallest absolute Gasteiger partial charge is 0.262 e. The maximum atomic E-state index is 13.8. The van der Waals surface area contributed by atoms with Crippen LogP contribution >= 0.6 is 23.4 Å². The number of hydrogen-bond donors (Lipinski definition) is 1. The van der Waals surface area contributed by atoms with Gasteiger partial charge in [0.05, 0.1) is 35.0 Å². The molecular weight excluding hydrogens is 417 g/mol. The molecule has 152 valence electrons. The van der Waals surface area contributed by atoms with Gasteiger partial charge in [-0.1, -0.05) is 35.5 Å². The number of benzene rings is 2. The predicted octanol–water partition coefficient (Wildman–Crippen LogP) is 3.95. The van der Waals surface area contributed by atoms with E-state index in [0.29, 0.717) is 27.7 Å². The lowest BCUT2D eigenvalue weighted by Crippen LogP contribution is -2.28. The van der Waals surface area contributed by atoms with Crippen LogP contribution in [0.1, 0.15) is 6.92 Å². The Balaban J connectivity index is 1.91. The highest BCUT2D eigenvalue weighted by atomic mass is 35.5. The standard InChI is InChI=1S/C20H19ClFN3O3S/c1-12(18(26)23-16-6-4-3-5-15(16)22)29-20-24-17-11-13(21)7-8-14(17)19(27)25(20)9-10-28-2/h3-8,11-12H,9-10H2,1-2H3,(H,23,26). The van der Waals surface area contributed by atoms with E-state index >= 15 is 0 Å². The van der Waals surface area contributed by atoms with Gasteiger partial charge in [-0.05, 0) is 37.3 Å². The Morgan fingerprint density at radius 3 is 2.83 bits per heavy atom. The molecule has 1 heterocycles. The van der Waals surface area contributed by atoms with Gasteiger partial charge in [-0.25, -0.2) is 9.37 Å². The van der Waals surface area contributed by atoms with Crippen molar-refractivity contribution in [3.8, 4) is 0 Å². The zero-order valence-corrected chi connectivity index (χ0v) is 17.4. The monoisotopic (exact) mass is 435 g/mol. The molecule has 6 nitrogen and oxygen atoms in total. The number of carbonyl (C=O) groups excluding carboxylic acids is 1. The average molecular weight is 436 g/mol. The molecule has 0 saturated heterocycles. The molecule has 29 heavy (non-hydrogen) atoms. The number of thioether (sulfide) groups is 1. The van der Waals surface area contributed by atoms with Crippen LogP contribution < -0.4 is 10.9 Å². The van der Waals surface area contributed by atoms with Crippen LogP contribution in [0, 0.1) is 5.82 Å². The molecule has 1 amide bonds. The molecule has 0 aliphatic rings. The summed E-state index contributed by atoms with van der Waals surface area (Å²) in [6, 6.07) is 10.8. The second kappa shape index (κ2) is 9.39. The molecule has 2 aromatic carbocycles. The Labute approximate surface area is 176 Å². The molecule has 1 aromatic heterocycles. The Bertz CT molecular complexity index is 1110. The van der Waals surface area contributed by atoms with E-state index in [-0.39, 0.29) is 17.8 Å². The van der Waals surface area contributed by atoms with Gasteiger partial charge in [0.15, 0.2) is 5.16 Å². The Hall–Kier alpha value is -2.42. The van der Waals surface area contributed by atoms with Crippen LogP contribution in [-0.2, 0) is 16.1 Å². The summed E-state index contributed by atoms with van der Waals surface area (Å²) >= 11 is 7.14. The molecule has 0 bridgehead atoms. The number of amides is 1. The largest absolute Gasteiger partial charge is 0.383 e. The maximum Gasteiger partial charge on any atom is 0.262 e. The summed E-state index contributed by atoms with van der Waals surface area (Å²) in [4.78, 5) is 30.0. The molecule has 0 aliphatic heterocycles. The van der Waals surface area contributed by atoms with Crippen molar-refractivity contribution in [2.24, 2.45) is 0 Å². The first-order valence-electron chi connectivity index (χ1n) is 8.82. The van der Waals surface area contributed by atoms with E-state index in [4.69, 9.17) is 16.3 Å². The normalized spacial score (nSPS) is 12.1. The van der Waals surface area contributed by atoms with Gasteiger partial charge in [-0.3, -0.25) is 14.2 Å². The average Bonchev–Trinajstić information content (AvgIpc) is 2.69. The molecule has 0 saturated carbocycles. The zero-order chi connectivity index (χ0) is 21.0. The van der Waals surface area contributed by atoms with Gasteiger partial charge in [0.1, 0.15) is 5.82 Å². The number of ether oxygens (including phenoxy) is 1. The summed E-state index contributed by atoms with van der Waals surface area (Å²) in [5.74, 6) is -0.924. The van der Waals surface area contributed by atoms with Gasteiger partial charge in [0, 0.05) is 12.1 Å². The highest BCUT2D eigenvalue weighted by molar-refractivity contribution is 8.00. The zero-order valence-electron chi connectivity index (χ0n) is 15.8. The summed E-state index contributed by atoms with van der Waals surface area (Å²) in [6.07, 6.45) is 0. The van der Waals surface area contributed by atoms with Gasteiger partial charge < -0.3 is 10.1 Å². The van der Waals surface area contributed by atoms with E-state index in [1.165, 1.54) is 23.8 Å². The highest BCUT2D eigenvalue weighted by Crippen LogP contribution is 2.25. The molecule has 3 rings (SSSR count). The van der Waals surface area contributed by atoms with E-state index in [1.54, 1.807) is 37.3 Å². The van der Waals surface area contributed by atoms with Crippen molar-refractivity contribution in [1.82, 2.24) is 9.55 Å². The van der Waals surface area contributed by atoms with Crippen LogP contribution in [0.15, 0.2) is 52.4 Å². The number of nitrogens with zero attached hydrogens (tertiary/aromatic N) is 2. The van der Waals surface area contributed by atoms with E-state index in [9.17, 15) is 14.0 Å². The van der Waals surface area contributed by atoms with Crippen molar-refractivity contribution in [3.63, 3.8) is 0 Å². The number of fused-ring (bicyclic) bond motifs is 1. The Morgan fingerprint density at radius 2 is 2.10 bits per heavy atom. The van der Waals surface area contributed by atoms with Crippen molar-refractivity contribution in [2.75, 3.05) is 19.0 Å². The second-order valence-corrected chi connectivity index (χ2v) is 7.98. The van der Waals surface area contributed by atoms with Crippen molar-refractivity contribution < 1.29 is 13.9 Å². The number of methoxy groups -OCH3 is 1. The van der Waals surface area contributed by atoms with E-state index in [0.717, 1.165) is 11.8 Å². The number of nitrogens with one attached hydrogen (secondary N) is 1. The van der Waals surface area contributed by atoms with Crippen molar-refractivity contribution in [1.29, 1.82) is 0 Å². The number of para-hydroxylation sites is 1. The summed E-state index contributed by atoms with van der Waals surface area (Å²) < 4.78 is 20.4. The minimum Gasteiger partial charge on any atom is -0.383 e. The first-order chi connectivity index (χ1) is 13.9. The maximum absolute atomic E-state index is 13.8. The van der Waals surface area contributed by atoms with Gasteiger partial charge in [0.2, 0.25) is 5.91 Å². The molecule has 0 aliphatic carbocycles. The lowest BCUT2D eigenvalue weighted by Gasteiger charge is -2.16. The lowest BCUT2D eigenvalue weighted by molar-refractivity contribution is -0.115. The van der Waals surface area contributed by atoms with Crippen LogP contribution in [0.5, 0.6) is 0 Å². The van der Waals surface area contributed by atoms with Gasteiger partial charge in [-0.15, -0.1) is 0 Å². The molecule has 0 radical (unpaired) electrons. The minimum absolute atomic E-state index is 0.0972. The fraction of sp³-hybridized carbons (Fsp3) is 0.250. The number of halogens is 2. The minimum atomic E-state index is -0.632. The number of aromatic nitrogens is 2. The fourth-order valence-electron chi connectivity index (χ4n) is 2.65. The molecule has 1 unspecified atom stereocenters. The molecule has 9 heteroatoms. The molecule has 1 N–H and O–H groups in total. The van der Waals surface area contributed by atoms with E-state index in [1.807, 2.05) is 0 Å². The highest BCUT2D eigenvalue weighted by Gasteiger charge is 2.20. The van der Waals surface area contributed by atoms with Gasteiger partial charge in [0.25, 0.3) is 5.56 Å². The van der Waals surface area contributed by atoms with Crippen molar-refractivity contribution in [2.45, 2.75) is 23.9 Å². The van der Waals surface area contributed by atoms with Gasteiger partial charge in [-0.2, -0.15) is 0 Å². The SMILES string of the molecule is COCCn1c(SC(C)C(=O)Nc2ccccc2F)nc2cc(Cl)ccc2c1=O. The van der Waals surface area contributed by atoms with Crippen LogP contribution in [0.3, 0.4) is 0 Å². The Morgan fingerprint density at radius 1 is 1.34 bits per heavy atom. The van der Waals surface area contributed by atoms with E-state index < -0.39 is 17.0 Å². The molecule has 0 fully saturated rings. The number of anilines is 1. The number of rotatable bonds is 7. The molecule has 1 atom stereocenters. The van der Waals surface area contributed by atoms with Crippen molar-refractivity contribution in [3.05, 3.63) is 63.7 Å². The molecule has 3 aromatic rings. The predicted molar refractivity (Wildman–Crippen MR) is 113 cm³/mol. The first-order valence-corrected chi connectivity index (χ1v) is 10.1. The topological polar surface area (TPSA) is 73.2 Å². The first kappa shape index (κ1) is 21.3. The molecular formula is C20H19ClFN3O3S. The quantitative estimate of drug-likeness (QED) is 0.449. The second-order valence-electron chi connectivity index (χ2n) is 6.23. The third-order valence-electron chi connectivity index (χ3n) is 4.18. The van der Waals surface area contributed by atoms with Crippen LogP contribution in [0.4, 0.5) is 10.1 Å². The van der Waals surface area contributed by atoms with Crippen LogP contribution in [-0.4, -0.2) is 34.4 Å². The fourth-order valence-corrected chi connectivity index (χ4v) is 3.75. The third-order valence-corrected chi connectivity index (χ3v) is 5.51. The Kier molecular flexibility index (Phi) is 6.89. The number of carbonyl (C=O) groups is 1. The molecule has 0 spiro atoms.